The highest BCUT2D eigenvalue weighted by molar-refractivity contribution is 4.76. The van der Waals surface area contributed by atoms with Crippen molar-refractivity contribution < 1.29 is 14.6 Å². The van der Waals surface area contributed by atoms with Crippen LogP contribution in [0.15, 0.2) is 0 Å². The van der Waals surface area contributed by atoms with E-state index in [2.05, 4.69) is 4.90 Å². The van der Waals surface area contributed by atoms with Gasteiger partial charge in [-0.3, -0.25) is 0 Å². The second-order valence-corrected chi connectivity index (χ2v) is 4.73. The number of nitrogens with zero attached hydrogens (tertiary/aromatic N) is 1. The van der Waals surface area contributed by atoms with Gasteiger partial charge in [0.1, 0.15) is 0 Å². The molecule has 0 aromatic heterocycles. The van der Waals surface area contributed by atoms with Crippen LogP contribution in [0.3, 0.4) is 0 Å². The summed E-state index contributed by atoms with van der Waals surface area (Å²) in [7, 11) is 0. The highest BCUT2D eigenvalue weighted by Gasteiger charge is 2.23. The lowest BCUT2D eigenvalue weighted by Gasteiger charge is -2.33. The molecule has 16 heavy (non-hydrogen) atoms. The Labute approximate surface area is 97.5 Å². The molecule has 2 saturated heterocycles. The average Bonchev–Trinajstić information content (AvgIpc) is 2.81. The highest BCUT2D eigenvalue weighted by atomic mass is 16.5. The Morgan fingerprint density at radius 2 is 2.06 bits per heavy atom. The third kappa shape index (κ3) is 3.70. The van der Waals surface area contributed by atoms with Gasteiger partial charge in [0.05, 0.1) is 25.4 Å². The molecule has 0 radical (unpaired) electrons. The van der Waals surface area contributed by atoms with Gasteiger partial charge in [0.15, 0.2) is 0 Å². The Morgan fingerprint density at radius 1 is 1.25 bits per heavy atom. The topological polar surface area (TPSA) is 41.9 Å². The van der Waals surface area contributed by atoms with Crippen LogP contribution in [-0.4, -0.2) is 61.7 Å². The van der Waals surface area contributed by atoms with Crippen molar-refractivity contribution in [3.63, 3.8) is 0 Å². The summed E-state index contributed by atoms with van der Waals surface area (Å²) in [5.74, 6) is 0. The third-order valence-corrected chi connectivity index (χ3v) is 3.47. The molecule has 1 unspecified atom stereocenters. The van der Waals surface area contributed by atoms with Crippen molar-refractivity contribution in [2.75, 3.05) is 39.5 Å². The minimum atomic E-state index is 0.135. The van der Waals surface area contributed by atoms with E-state index in [-0.39, 0.29) is 6.61 Å². The molecule has 2 heterocycles. The molecule has 2 fully saturated rings. The predicted octanol–water partition coefficient (Wildman–Crippen LogP) is 0.639. The number of ether oxygens (including phenoxy) is 2. The SMILES string of the molecule is OCCOC1CCN(CC2CCCO2)CC1. The fraction of sp³-hybridized carbons (Fsp3) is 1.00. The van der Waals surface area contributed by atoms with Crippen molar-refractivity contribution in [3.8, 4) is 0 Å². The molecule has 0 bridgehead atoms. The largest absolute Gasteiger partial charge is 0.394 e. The standard InChI is InChI=1S/C12H23NO3/c14-7-9-16-11-3-5-13(6-4-11)10-12-2-1-8-15-12/h11-12,14H,1-10H2. The Kier molecular flexibility index (Phi) is 5.03. The van der Waals surface area contributed by atoms with Crippen LogP contribution >= 0.6 is 0 Å². The molecule has 1 N–H and O–H groups in total. The summed E-state index contributed by atoms with van der Waals surface area (Å²) < 4.78 is 11.2. The molecule has 4 heteroatoms. The summed E-state index contributed by atoms with van der Waals surface area (Å²) in [5, 5.41) is 8.69. The van der Waals surface area contributed by atoms with Crippen molar-refractivity contribution >= 4 is 0 Å². The van der Waals surface area contributed by atoms with Crippen molar-refractivity contribution in [1.29, 1.82) is 0 Å². The van der Waals surface area contributed by atoms with Crippen LogP contribution in [0.2, 0.25) is 0 Å². The molecule has 4 nitrogen and oxygen atoms in total. The zero-order chi connectivity index (χ0) is 11.2. The van der Waals surface area contributed by atoms with E-state index in [1.807, 2.05) is 0 Å². The van der Waals surface area contributed by atoms with Crippen LogP contribution < -0.4 is 0 Å². The van der Waals surface area contributed by atoms with E-state index >= 15 is 0 Å². The Balaban J connectivity index is 1.60. The number of aliphatic hydroxyl groups excluding tert-OH is 1. The maximum Gasteiger partial charge on any atom is 0.0702 e. The summed E-state index contributed by atoms with van der Waals surface area (Å²) in [6.45, 7) is 4.87. The van der Waals surface area contributed by atoms with E-state index in [9.17, 15) is 0 Å². The van der Waals surface area contributed by atoms with E-state index < -0.39 is 0 Å². The van der Waals surface area contributed by atoms with Crippen molar-refractivity contribution in [3.05, 3.63) is 0 Å². The Hall–Kier alpha value is -0.160. The number of hydrogen-bond donors (Lipinski definition) is 1. The molecule has 2 aliphatic rings. The minimum absolute atomic E-state index is 0.135. The average molecular weight is 229 g/mol. The van der Waals surface area contributed by atoms with Gasteiger partial charge in [0.25, 0.3) is 0 Å². The molecule has 1 atom stereocenters. The smallest absolute Gasteiger partial charge is 0.0702 e. The normalized spacial score (nSPS) is 28.7. The fourth-order valence-electron chi connectivity index (χ4n) is 2.55. The van der Waals surface area contributed by atoms with Crippen molar-refractivity contribution in [1.82, 2.24) is 4.90 Å². The fourth-order valence-corrected chi connectivity index (χ4v) is 2.55. The third-order valence-electron chi connectivity index (χ3n) is 3.47. The molecule has 0 aromatic carbocycles. The number of aliphatic hydroxyl groups is 1. The van der Waals surface area contributed by atoms with E-state index in [1.165, 1.54) is 12.8 Å². The van der Waals surface area contributed by atoms with Gasteiger partial charge in [-0.05, 0) is 25.7 Å². The zero-order valence-electron chi connectivity index (χ0n) is 9.94. The maximum absolute atomic E-state index is 8.69. The molecule has 94 valence electrons. The number of piperidine rings is 1. The quantitative estimate of drug-likeness (QED) is 0.751. The second kappa shape index (κ2) is 6.55. The molecule has 2 aliphatic heterocycles. The molecule has 0 spiro atoms. The van der Waals surface area contributed by atoms with Crippen LogP contribution in [0.1, 0.15) is 25.7 Å². The summed E-state index contributed by atoms with van der Waals surface area (Å²) in [6, 6.07) is 0. The van der Waals surface area contributed by atoms with E-state index in [0.29, 0.717) is 18.8 Å². The lowest BCUT2D eigenvalue weighted by Crippen LogP contribution is -2.41. The first-order valence-electron chi connectivity index (χ1n) is 6.45. The Morgan fingerprint density at radius 3 is 2.69 bits per heavy atom. The van der Waals surface area contributed by atoms with Gasteiger partial charge in [-0.25, -0.2) is 0 Å². The predicted molar refractivity (Wildman–Crippen MR) is 61.5 cm³/mol. The van der Waals surface area contributed by atoms with Crippen LogP contribution in [-0.2, 0) is 9.47 Å². The lowest BCUT2D eigenvalue weighted by molar-refractivity contribution is -0.0169. The summed E-state index contributed by atoms with van der Waals surface area (Å²) in [4.78, 5) is 2.48. The van der Waals surface area contributed by atoms with E-state index in [4.69, 9.17) is 14.6 Å². The molecule has 0 saturated carbocycles. The van der Waals surface area contributed by atoms with Gasteiger partial charge in [-0.2, -0.15) is 0 Å². The van der Waals surface area contributed by atoms with Gasteiger partial charge in [0.2, 0.25) is 0 Å². The minimum Gasteiger partial charge on any atom is -0.394 e. The van der Waals surface area contributed by atoms with Crippen LogP contribution in [0.4, 0.5) is 0 Å². The number of rotatable bonds is 5. The molecular weight excluding hydrogens is 206 g/mol. The lowest BCUT2D eigenvalue weighted by atomic mass is 10.1. The van der Waals surface area contributed by atoms with Crippen molar-refractivity contribution in [2.45, 2.75) is 37.9 Å². The monoisotopic (exact) mass is 229 g/mol. The molecule has 0 aliphatic carbocycles. The second-order valence-electron chi connectivity index (χ2n) is 4.73. The van der Waals surface area contributed by atoms with E-state index in [0.717, 1.165) is 39.1 Å². The van der Waals surface area contributed by atoms with Gasteiger partial charge >= 0.3 is 0 Å². The van der Waals surface area contributed by atoms with Crippen LogP contribution in [0, 0.1) is 0 Å². The summed E-state index contributed by atoms with van der Waals surface area (Å²) in [5.41, 5.74) is 0. The molecular formula is C12H23NO3. The number of likely N-dealkylation sites (tertiary alicyclic amines) is 1. The first-order valence-corrected chi connectivity index (χ1v) is 6.45. The number of hydrogen-bond acceptors (Lipinski definition) is 4. The molecule has 2 rings (SSSR count). The van der Waals surface area contributed by atoms with Gasteiger partial charge in [0, 0.05) is 26.2 Å². The molecule has 0 amide bonds. The zero-order valence-corrected chi connectivity index (χ0v) is 9.94. The first kappa shape index (κ1) is 12.3. The first-order chi connectivity index (χ1) is 7.88. The van der Waals surface area contributed by atoms with Crippen LogP contribution in [0.25, 0.3) is 0 Å². The van der Waals surface area contributed by atoms with Crippen LogP contribution in [0.5, 0.6) is 0 Å². The Bertz CT molecular complexity index is 187. The highest BCUT2D eigenvalue weighted by Crippen LogP contribution is 2.18. The van der Waals surface area contributed by atoms with Gasteiger partial charge in [-0.15, -0.1) is 0 Å². The maximum atomic E-state index is 8.69. The van der Waals surface area contributed by atoms with E-state index in [1.54, 1.807) is 0 Å². The van der Waals surface area contributed by atoms with Crippen molar-refractivity contribution in [2.24, 2.45) is 0 Å². The van der Waals surface area contributed by atoms with Gasteiger partial charge in [-0.1, -0.05) is 0 Å². The summed E-state index contributed by atoms with van der Waals surface area (Å²) in [6.07, 6.45) is 5.45. The van der Waals surface area contributed by atoms with Gasteiger partial charge < -0.3 is 19.5 Å². The molecule has 0 aromatic rings. The summed E-state index contributed by atoms with van der Waals surface area (Å²) >= 11 is 0.